The summed E-state index contributed by atoms with van der Waals surface area (Å²) in [6.45, 7) is 14.5. The number of ether oxygens (including phenoxy) is 1. The van der Waals surface area contributed by atoms with Gasteiger partial charge in [-0.25, -0.2) is 51.8 Å². The number of esters is 1. The molecule has 0 bridgehead atoms. The molecular formula is C99H74ClF4N17O6S. The maximum absolute atomic E-state index is 14.9. The van der Waals surface area contributed by atoms with E-state index in [9.17, 15) is 52.7 Å². The maximum atomic E-state index is 14.9. The Bertz CT molecular complexity index is 7330. The highest BCUT2D eigenvalue weighted by atomic mass is 35.5. The van der Waals surface area contributed by atoms with Crippen molar-refractivity contribution in [1.82, 2.24) is 63.1 Å². The van der Waals surface area contributed by atoms with Crippen molar-refractivity contribution in [3.8, 4) is 86.2 Å². The van der Waals surface area contributed by atoms with Crippen molar-refractivity contribution >= 4 is 74.8 Å². The van der Waals surface area contributed by atoms with Crippen molar-refractivity contribution in [2.75, 3.05) is 11.5 Å². The predicted octanol–water partition coefficient (Wildman–Crippen LogP) is 19.6. The number of nitrogens with zero attached hydrogens (tertiary/aromatic N) is 17. The molecule has 632 valence electrons. The Morgan fingerprint density at radius 2 is 1.38 bits per heavy atom. The van der Waals surface area contributed by atoms with Crippen LogP contribution < -0.4 is 4.90 Å². The Balaban J connectivity index is 0.000000124. The van der Waals surface area contributed by atoms with E-state index in [1.165, 1.54) is 91.7 Å². The van der Waals surface area contributed by atoms with Gasteiger partial charge in [-0.1, -0.05) is 84.3 Å². The summed E-state index contributed by atoms with van der Waals surface area (Å²) in [6, 6.07) is 59.5. The van der Waals surface area contributed by atoms with Crippen LogP contribution in [-0.2, 0) is 33.7 Å². The number of rotatable bonds is 13. The minimum Gasteiger partial charge on any atom is -0.461 e. The molecule has 2 aliphatic rings. The van der Waals surface area contributed by atoms with Crippen molar-refractivity contribution in [1.29, 1.82) is 10.5 Å². The number of hydrogen-bond acceptors (Lipinski definition) is 19. The number of aliphatic hydroxyl groups is 2. The van der Waals surface area contributed by atoms with Gasteiger partial charge in [0, 0.05) is 104 Å². The van der Waals surface area contributed by atoms with Gasteiger partial charge in [-0.3, -0.25) is 38.4 Å². The van der Waals surface area contributed by atoms with Crippen LogP contribution >= 0.6 is 22.9 Å². The van der Waals surface area contributed by atoms with Crippen LogP contribution in [-0.4, -0.2) is 103 Å². The lowest BCUT2D eigenvalue weighted by atomic mass is 9.96. The molecule has 0 fully saturated rings. The van der Waals surface area contributed by atoms with Crippen LogP contribution in [0.15, 0.2) is 279 Å². The Hall–Kier alpha value is -15.9. The Kier molecular flexibility index (Phi) is 25.3. The summed E-state index contributed by atoms with van der Waals surface area (Å²) in [5.41, 5.74) is 13.5. The molecule has 128 heavy (non-hydrogen) atoms. The number of aromatic nitrogens is 13. The summed E-state index contributed by atoms with van der Waals surface area (Å²) in [6.07, 6.45) is 22.6. The normalized spacial score (nSPS) is 12.1. The molecule has 12 heterocycles. The van der Waals surface area contributed by atoms with E-state index in [1.54, 1.807) is 126 Å². The molecule has 2 N–H and O–H groups in total. The number of thiophene rings is 1. The predicted molar refractivity (Wildman–Crippen MR) is 480 cm³/mol. The number of fused-ring (bicyclic) bond motifs is 7. The Morgan fingerprint density at radius 1 is 0.641 bits per heavy atom. The molecule has 0 saturated heterocycles. The molecule has 0 unspecified atom stereocenters. The van der Waals surface area contributed by atoms with Crippen LogP contribution in [0.2, 0.25) is 5.02 Å². The third-order valence-electron chi connectivity index (χ3n) is 20.7. The number of imidazole rings is 3. The molecule has 10 aromatic heterocycles. The van der Waals surface area contributed by atoms with Crippen molar-refractivity contribution in [2.24, 2.45) is 4.99 Å². The number of halogens is 5. The zero-order chi connectivity index (χ0) is 90.2. The van der Waals surface area contributed by atoms with Crippen LogP contribution in [0.1, 0.15) is 123 Å². The first-order chi connectivity index (χ1) is 61.7. The molecule has 19 rings (SSSR count). The second-order valence-electron chi connectivity index (χ2n) is 30.3. The van der Waals surface area contributed by atoms with E-state index < -0.39 is 40.4 Å². The van der Waals surface area contributed by atoms with Gasteiger partial charge in [0.05, 0.1) is 123 Å². The monoisotopic (exact) mass is 1740 g/mol. The maximum Gasteiger partial charge on any atom is 0.358 e. The van der Waals surface area contributed by atoms with Gasteiger partial charge in [0.15, 0.2) is 22.8 Å². The zero-order valence-corrected chi connectivity index (χ0v) is 70.9. The van der Waals surface area contributed by atoms with E-state index in [4.69, 9.17) is 27.8 Å². The fourth-order valence-electron chi connectivity index (χ4n) is 14.5. The smallest absolute Gasteiger partial charge is 0.358 e. The highest BCUT2D eigenvalue weighted by Gasteiger charge is 2.31. The molecule has 7 aromatic carbocycles. The molecule has 0 atom stereocenters. The average Bonchev–Trinajstić information content (AvgIpc) is 1.61. The van der Waals surface area contributed by atoms with E-state index >= 15 is 0 Å². The summed E-state index contributed by atoms with van der Waals surface area (Å²) in [5, 5.41) is 50.3. The number of hydrogen-bond donors (Lipinski definition) is 2. The van der Waals surface area contributed by atoms with Gasteiger partial charge in [0.1, 0.15) is 35.1 Å². The number of carbonyl (C=O) groups is 3. The van der Waals surface area contributed by atoms with Gasteiger partial charge >= 0.3 is 5.97 Å². The van der Waals surface area contributed by atoms with E-state index in [1.807, 2.05) is 126 Å². The quantitative estimate of drug-likeness (QED) is 0.0356. The van der Waals surface area contributed by atoms with E-state index in [0.29, 0.717) is 98.6 Å². The van der Waals surface area contributed by atoms with Crippen LogP contribution in [0.25, 0.3) is 78.8 Å². The third-order valence-corrected chi connectivity index (χ3v) is 21.8. The second kappa shape index (κ2) is 37.3. The van der Waals surface area contributed by atoms with Crippen LogP contribution in [0.3, 0.4) is 0 Å². The third kappa shape index (κ3) is 18.2. The largest absolute Gasteiger partial charge is 0.461 e. The minimum atomic E-state index is -1.35. The first kappa shape index (κ1) is 87.0. The van der Waals surface area contributed by atoms with E-state index in [0.717, 1.165) is 66.7 Å². The number of carbonyl (C=O) groups excluding carboxylic acids is 3. The number of amides is 1. The fraction of sp³-hybridized carbons (Fsp3) is 0.121. The molecule has 0 aliphatic carbocycles. The van der Waals surface area contributed by atoms with Gasteiger partial charge in [-0.05, 0) is 204 Å². The fourth-order valence-corrected chi connectivity index (χ4v) is 15.5. The highest BCUT2D eigenvalue weighted by molar-refractivity contribution is 7.12. The van der Waals surface area contributed by atoms with Crippen molar-refractivity contribution in [2.45, 2.75) is 72.1 Å². The summed E-state index contributed by atoms with van der Waals surface area (Å²) in [4.78, 5) is 74.3. The zero-order valence-electron chi connectivity index (χ0n) is 69.4. The molecular weight excluding hydrogens is 1670 g/mol. The number of benzene rings is 7. The van der Waals surface area contributed by atoms with Gasteiger partial charge in [-0.15, -0.1) is 17.8 Å². The lowest BCUT2D eigenvalue weighted by Crippen LogP contribution is -2.25. The molecule has 29 heteroatoms. The number of aliphatic imine (C=N–C) groups is 1. The van der Waals surface area contributed by atoms with Gasteiger partial charge in [-0.2, -0.15) is 25.2 Å². The number of aryl methyl sites for hydroxylation is 1. The lowest BCUT2D eigenvalue weighted by Gasteiger charge is -2.23. The lowest BCUT2D eigenvalue weighted by molar-refractivity contribution is -0.117. The number of anilines is 2. The standard InChI is InChI=1S/C24H19F2N3O.C21H15F2N5O.C20H15N3O2S.C17H14ClNO.C17H11N5O/c1-14-4-6-17(16(10-14)12-27)18-11-15(5-7-20(18)25)21-13-28-23-22(26)19(24(2,3)30)8-9-29(21)23;1-21(2,29)18-11-26-28-17(10-25-20(28)27-18)12-6-7-15(22)14(8-12)19-13(9-24)4-3-5-16(19)23;1-3-13-7-8-15-14(10-13)18(17-6-5-9-26-17)21-11-16-19(20(24)25-4-2)22-12-23(15)16;1-12-9-13-7-8-14(18)11-16(13)19(17(20)10-12)15-5-3-2-4-6-15;23-16(14-3-1-2-7-19-14)13-11-21-22-15(6-10-20-17(13)22)12-4-8-18-9-5-12/h4-11,13,30H,1-3H3;3-8,10-11,29H,1-2H3;1,5-10,12H,4,11H2,2H3;2-8,11H,1,9-10H2;1-11H. The van der Waals surface area contributed by atoms with E-state index in [-0.39, 0.29) is 50.9 Å². The summed E-state index contributed by atoms with van der Waals surface area (Å²) < 4.78 is 70.2. The highest BCUT2D eigenvalue weighted by Crippen LogP contribution is 2.40. The van der Waals surface area contributed by atoms with Crippen molar-refractivity contribution in [3.05, 3.63) is 374 Å². The molecule has 1 amide bonds. The van der Waals surface area contributed by atoms with Gasteiger partial charge < -0.3 is 14.9 Å². The Morgan fingerprint density at radius 3 is 2.10 bits per heavy atom. The number of ketones is 1. The number of pyridine rings is 3. The average molecular weight is 1740 g/mol. The SMILES string of the molecule is C#Cc1ccc2c(c1)C(c1cccs1)=NCc1c(C(=O)OCC)ncn1-2.C=C1CC(=O)N(c2ccccc2)c2cc(Cl)ccc2C1.CC(C)(O)c1cnn2c(-c3ccc(F)c(-c4c(F)cccc4C#N)c3)cnc2n1.Cc1ccc(-c2cc(-c3cnc4c(F)c(C(C)(C)O)ccn34)ccc2F)c(C#N)c1.O=C(c1ccccn1)c1cnn2c(-c3ccncc3)ccnc12. The van der Waals surface area contributed by atoms with Crippen LogP contribution in [0.5, 0.6) is 0 Å². The summed E-state index contributed by atoms with van der Waals surface area (Å²) in [5.74, 6) is -0.0649. The topological polar surface area (TPSA) is 298 Å². The first-order valence-corrected chi connectivity index (χ1v) is 41.0. The minimum absolute atomic E-state index is 0.0298. The van der Waals surface area contributed by atoms with Crippen molar-refractivity contribution < 1.29 is 46.9 Å². The summed E-state index contributed by atoms with van der Waals surface area (Å²) >= 11 is 7.72. The van der Waals surface area contributed by atoms with Gasteiger partial charge in [0.2, 0.25) is 11.7 Å². The van der Waals surface area contributed by atoms with Crippen molar-refractivity contribution in [3.63, 3.8) is 0 Å². The molecule has 0 radical (unpaired) electrons. The molecule has 0 spiro atoms. The number of nitriles is 2. The molecule has 17 aromatic rings. The molecule has 2 aliphatic heterocycles. The van der Waals surface area contributed by atoms with Gasteiger partial charge in [0.25, 0.3) is 5.78 Å². The van der Waals surface area contributed by atoms with Crippen LogP contribution in [0, 0.1) is 65.2 Å². The molecule has 0 saturated carbocycles. The second-order valence-corrected chi connectivity index (χ2v) is 31.7. The first-order valence-electron chi connectivity index (χ1n) is 39.8. The number of para-hydroxylation sites is 1. The van der Waals surface area contributed by atoms with E-state index in [2.05, 4.69) is 63.7 Å². The Labute approximate surface area is 739 Å². The number of terminal acetylenes is 1. The molecule has 23 nitrogen and oxygen atoms in total. The summed E-state index contributed by atoms with van der Waals surface area (Å²) in [7, 11) is 0. The van der Waals surface area contributed by atoms with Crippen LogP contribution in [0.4, 0.5) is 28.9 Å².